The van der Waals surface area contributed by atoms with Crippen LogP contribution in [0.1, 0.15) is 21.5 Å². The van der Waals surface area contributed by atoms with Gasteiger partial charge in [-0.25, -0.2) is 4.98 Å². The predicted octanol–water partition coefficient (Wildman–Crippen LogP) is 3.25. The largest absolute Gasteiger partial charge is 0.497 e. The van der Waals surface area contributed by atoms with E-state index in [0.29, 0.717) is 17.8 Å². The number of nitrogens with one attached hydrogen (secondary N) is 2. The number of carbonyl (C=O) groups excluding carboxylic acids is 2. The van der Waals surface area contributed by atoms with E-state index < -0.39 is 0 Å². The summed E-state index contributed by atoms with van der Waals surface area (Å²) in [6.45, 7) is 0.346. The Morgan fingerprint density at radius 2 is 1.90 bits per heavy atom. The van der Waals surface area contributed by atoms with Crippen molar-refractivity contribution in [1.29, 1.82) is 0 Å². The van der Waals surface area contributed by atoms with Gasteiger partial charge in [0.1, 0.15) is 11.6 Å². The number of pyridine rings is 1. The van der Waals surface area contributed by atoms with Crippen LogP contribution in [0.5, 0.6) is 5.75 Å². The molecular formula is C23H22N4O3. The molecule has 0 saturated carbocycles. The van der Waals surface area contributed by atoms with Crippen molar-refractivity contribution in [3.8, 4) is 5.75 Å². The van der Waals surface area contributed by atoms with Gasteiger partial charge in [0.15, 0.2) is 0 Å². The summed E-state index contributed by atoms with van der Waals surface area (Å²) in [5, 5.41) is 5.53. The number of methoxy groups -OCH3 is 1. The third-order valence-electron chi connectivity index (χ3n) is 4.29. The first-order valence-electron chi connectivity index (χ1n) is 9.26. The molecule has 0 bridgehead atoms. The molecule has 1 aromatic heterocycles. The average Bonchev–Trinajstić information content (AvgIpc) is 2.78. The topological polar surface area (TPSA) is 106 Å². The van der Waals surface area contributed by atoms with Crippen LogP contribution in [0.4, 0.5) is 11.5 Å². The van der Waals surface area contributed by atoms with E-state index in [1.807, 2.05) is 24.3 Å². The third-order valence-corrected chi connectivity index (χ3v) is 4.29. The highest BCUT2D eigenvalue weighted by molar-refractivity contribution is 6.05. The molecule has 2 aromatic carbocycles. The van der Waals surface area contributed by atoms with Gasteiger partial charge in [0.05, 0.1) is 12.8 Å². The summed E-state index contributed by atoms with van der Waals surface area (Å²) in [5.41, 5.74) is 8.42. The molecule has 3 rings (SSSR count). The molecule has 7 nitrogen and oxygen atoms in total. The second-order valence-corrected chi connectivity index (χ2v) is 6.42. The minimum absolute atomic E-state index is 0.216. The van der Waals surface area contributed by atoms with Crippen molar-refractivity contribution in [2.75, 3.05) is 18.2 Å². The number of ether oxygens (including phenoxy) is 1. The lowest BCUT2D eigenvalue weighted by molar-refractivity contribution is -0.116. The van der Waals surface area contributed by atoms with Crippen LogP contribution in [0.2, 0.25) is 0 Å². The van der Waals surface area contributed by atoms with Gasteiger partial charge in [-0.1, -0.05) is 24.3 Å². The molecule has 30 heavy (non-hydrogen) atoms. The van der Waals surface area contributed by atoms with E-state index in [9.17, 15) is 9.59 Å². The number of rotatable bonds is 7. The van der Waals surface area contributed by atoms with Crippen molar-refractivity contribution in [3.63, 3.8) is 0 Å². The van der Waals surface area contributed by atoms with Gasteiger partial charge in [-0.05, 0) is 53.6 Å². The van der Waals surface area contributed by atoms with Gasteiger partial charge in [-0.2, -0.15) is 0 Å². The number of nitrogens with two attached hydrogens (primary N) is 1. The van der Waals surface area contributed by atoms with Crippen LogP contribution in [-0.4, -0.2) is 23.9 Å². The molecule has 0 radical (unpaired) electrons. The SMILES string of the molecule is COc1cccc(C=CC(=O)NCc2ccc(C(=O)Nc3cccnc3N)cc2)c1. The van der Waals surface area contributed by atoms with Crippen LogP contribution in [-0.2, 0) is 11.3 Å². The Morgan fingerprint density at radius 1 is 1.10 bits per heavy atom. The molecule has 2 amide bonds. The van der Waals surface area contributed by atoms with Crippen molar-refractivity contribution in [1.82, 2.24) is 10.3 Å². The van der Waals surface area contributed by atoms with Crippen molar-refractivity contribution in [2.45, 2.75) is 6.54 Å². The van der Waals surface area contributed by atoms with E-state index >= 15 is 0 Å². The van der Waals surface area contributed by atoms with Crippen molar-refractivity contribution >= 4 is 29.4 Å². The van der Waals surface area contributed by atoms with E-state index in [-0.39, 0.29) is 17.6 Å². The molecular weight excluding hydrogens is 380 g/mol. The number of aromatic nitrogens is 1. The molecule has 7 heteroatoms. The Hall–Kier alpha value is -4.13. The second-order valence-electron chi connectivity index (χ2n) is 6.42. The van der Waals surface area contributed by atoms with Crippen LogP contribution in [0, 0.1) is 0 Å². The molecule has 0 spiro atoms. The Bertz CT molecular complexity index is 1060. The maximum atomic E-state index is 12.3. The number of anilines is 2. The molecule has 0 aliphatic heterocycles. The van der Waals surface area contributed by atoms with Crippen LogP contribution >= 0.6 is 0 Å². The average molecular weight is 402 g/mol. The number of hydrogen-bond acceptors (Lipinski definition) is 5. The predicted molar refractivity (Wildman–Crippen MR) is 117 cm³/mol. The first-order valence-corrected chi connectivity index (χ1v) is 9.26. The molecule has 0 unspecified atom stereocenters. The first kappa shape index (κ1) is 20.6. The number of amides is 2. The van der Waals surface area contributed by atoms with E-state index in [0.717, 1.165) is 16.9 Å². The Kier molecular flexibility index (Phi) is 6.78. The van der Waals surface area contributed by atoms with Crippen LogP contribution in [0.25, 0.3) is 6.08 Å². The van der Waals surface area contributed by atoms with Gasteiger partial charge in [0, 0.05) is 24.4 Å². The van der Waals surface area contributed by atoms with Gasteiger partial charge < -0.3 is 21.1 Å². The normalized spacial score (nSPS) is 10.6. The molecule has 0 saturated heterocycles. The fourth-order valence-electron chi connectivity index (χ4n) is 2.66. The molecule has 1 heterocycles. The van der Waals surface area contributed by atoms with E-state index in [1.54, 1.807) is 55.8 Å². The number of nitrogen functional groups attached to an aromatic ring is 1. The zero-order valence-electron chi connectivity index (χ0n) is 16.5. The summed E-state index contributed by atoms with van der Waals surface area (Å²) < 4.78 is 5.16. The summed E-state index contributed by atoms with van der Waals surface area (Å²) >= 11 is 0. The summed E-state index contributed by atoms with van der Waals surface area (Å²) in [6, 6.07) is 17.8. The van der Waals surface area contributed by atoms with Crippen LogP contribution in [0.3, 0.4) is 0 Å². The minimum atomic E-state index is -0.286. The summed E-state index contributed by atoms with van der Waals surface area (Å²) in [4.78, 5) is 28.3. The highest BCUT2D eigenvalue weighted by atomic mass is 16.5. The van der Waals surface area contributed by atoms with Gasteiger partial charge >= 0.3 is 0 Å². The number of hydrogen-bond donors (Lipinski definition) is 3. The number of benzene rings is 2. The molecule has 0 aliphatic carbocycles. The lowest BCUT2D eigenvalue weighted by Gasteiger charge is -2.08. The summed E-state index contributed by atoms with van der Waals surface area (Å²) in [5.74, 6) is 0.485. The Labute approximate surface area is 174 Å². The molecule has 0 atom stereocenters. The van der Waals surface area contributed by atoms with E-state index in [4.69, 9.17) is 10.5 Å². The van der Waals surface area contributed by atoms with Crippen molar-refractivity contribution in [3.05, 3.63) is 89.6 Å². The number of carbonyl (C=O) groups is 2. The summed E-state index contributed by atoms with van der Waals surface area (Å²) in [6.07, 6.45) is 4.74. The quantitative estimate of drug-likeness (QED) is 0.526. The maximum absolute atomic E-state index is 12.3. The number of nitrogens with zero attached hydrogens (tertiary/aromatic N) is 1. The highest BCUT2D eigenvalue weighted by Gasteiger charge is 2.08. The standard InChI is InChI=1S/C23H22N4O3/c1-30-19-5-2-4-16(14-19)9-12-21(28)26-15-17-7-10-18(11-8-17)23(29)27-20-6-3-13-25-22(20)24/h2-14H,15H2,1H3,(H2,24,25)(H,26,28)(H,27,29). The Balaban J connectivity index is 1.52. The first-order chi connectivity index (χ1) is 14.5. The fourth-order valence-corrected chi connectivity index (χ4v) is 2.66. The lowest BCUT2D eigenvalue weighted by Crippen LogP contribution is -2.20. The van der Waals surface area contributed by atoms with Crippen molar-refractivity contribution in [2.24, 2.45) is 0 Å². The molecule has 0 aliphatic rings. The van der Waals surface area contributed by atoms with Gasteiger partial charge in [-0.3, -0.25) is 9.59 Å². The molecule has 0 fully saturated rings. The van der Waals surface area contributed by atoms with E-state index in [2.05, 4.69) is 15.6 Å². The smallest absolute Gasteiger partial charge is 0.255 e. The third kappa shape index (κ3) is 5.68. The van der Waals surface area contributed by atoms with Crippen LogP contribution < -0.4 is 21.1 Å². The Morgan fingerprint density at radius 3 is 2.63 bits per heavy atom. The zero-order chi connectivity index (χ0) is 21.3. The van der Waals surface area contributed by atoms with Gasteiger partial charge in [-0.15, -0.1) is 0 Å². The molecule has 4 N–H and O–H groups in total. The summed E-state index contributed by atoms with van der Waals surface area (Å²) in [7, 11) is 1.60. The van der Waals surface area contributed by atoms with E-state index in [1.165, 1.54) is 6.08 Å². The second kappa shape index (κ2) is 9.88. The zero-order valence-corrected chi connectivity index (χ0v) is 16.5. The monoisotopic (exact) mass is 402 g/mol. The molecule has 152 valence electrons. The van der Waals surface area contributed by atoms with Gasteiger partial charge in [0.2, 0.25) is 5.91 Å². The molecule has 3 aromatic rings. The van der Waals surface area contributed by atoms with Crippen molar-refractivity contribution < 1.29 is 14.3 Å². The maximum Gasteiger partial charge on any atom is 0.255 e. The highest BCUT2D eigenvalue weighted by Crippen LogP contribution is 2.16. The lowest BCUT2D eigenvalue weighted by atomic mass is 10.1. The van der Waals surface area contributed by atoms with Gasteiger partial charge in [0.25, 0.3) is 5.91 Å². The minimum Gasteiger partial charge on any atom is -0.497 e. The van der Waals surface area contributed by atoms with Crippen LogP contribution in [0.15, 0.2) is 72.9 Å². The fraction of sp³-hybridized carbons (Fsp3) is 0.0870.